The van der Waals surface area contributed by atoms with Crippen LogP contribution in [0.1, 0.15) is 16.8 Å². The number of pyridine rings is 2. The lowest BCUT2D eigenvalue weighted by molar-refractivity contribution is -0.116. The van der Waals surface area contributed by atoms with Crippen molar-refractivity contribution in [1.29, 1.82) is 0 Å². The summed E-state index contributed by atoms with van der Waals surface area (Å²) in [6, 6.07) is 14.6. The van der Waals surface area contributed by atoms with Gasteiger partial charge in [0, 0.05) is 17.6 Å². The maximum absolute atomic E-state index is 13.4. The Morgan fingerprint density at radius 3 is 2.29 bits per heavy atom. The minimum atomic E-state index is -4.18. The van der Waals surface area contributed by atoms with Gasteiger partial charge in [-0.15, -0.1) is 0 Å². The number of rotatable bonds is 6. The summed E-state index contributed by atoms with van der Waals surface area (Å²) in [5, 5.41) is 3.01. The number of carbonyl (C=O) groups is 1. The normalized spacial score (nSPS) is 11.4. The van der Waals surface area contributed by atoms with Crippen molar-refractivity contribution in [1.82, 2.24) is 9.55 Å². The Morgan fingerprint density at radius 1 is 1.00 bits per heavy atom. The monoisotopic (exact) mass is 491 g/mol. The second-order valence-corrected chi connectivity index (χ2v) is 10.2. The van der Waals surface area contributed by atoms with Crippen molar-refractivity contribution in [3.05, 3.63) is 87.8 Å². The third kappa shape index (κ3) is 4.67. The number of ether oxygens (including phenoxy) is 1. The van der Waals surface area contributed by atoms with Gasteiger partial charge in [0.05, 0.1) is 17.4 Å². The summed E-state index contributed by atoms with van der Waals surface area (Å²) < 4.78 is 33.3. The number of methoxy groups -OCH3 is 1. The van der Waals surface area contributed by atoms with Crippen LogP contribution in [0.25, 0.3) is 11.0 Å². The highest BCUT2D eigenvalue weighted by molar-refractivity contribution is 7.91. The van der Waals surface area contributed by atoms with E-state index in [2.05, 4.69) is 10.3 Å². The summed E-state index contributed by atoms with van der Waals surface area (Å²) in [5.74, 6) is 0.117. The van der Waals surface area contributed by atoms with Crippen LogP contribution in [-0.2, 0) is 21.2 Å². The van der Waals surface area contributed by atoms with Gasteiger partial charge >= 0.3 is 0 Å². The van der Waals surface area contributed by atoms with Gasteiger partial charge in [-0.25, -0.2) is 13.4 Å². The molecule has 1 N–H and O–H groups in total. The fraction of sp³-hybridized carbons (Fsp3) is 0.192. The molecule has 0 spiro atoms. The molecule has 35 heavy (non-hydrogen) atoms. The van der Waals surface area contributed by atoms with Crippen molar-refractivity contribution in [2.45, 2.75) is 37.1 Å². The molecular weight excluding hydrogens is 466 g/mol. The number of benzene rings is 2. The number of aryl methyl sites for hydroxylation is 3. The fourth-order valence-corrected chi connectivity index (χ4v) is 5.24. The maximum atomic E-state index is 13.4. The van der Waals surface area contributed by atoms with Gasteiger partial charge in [-0.2, -0.15) is 0 Å². The van der Waals surface area contributed by atoms with Crippen LogP contribution in [0.2, 0.25) is 0 Å². The van der Waals surface area contributed by atoms with E-state index in [0.717, 1.165) is 11.1 Å². The van der Waals surface area contributed by atoms with Gasteiger partial charge in [0.1, 0.15) is 22.8 Å². The molecule has 1 amide bonds. The molecule has 180 valence electrons. The largest absolute Gasteiger partial charge is 0.497 e. The molecule has 0 aliphatic heterocycles. The van der Waals surface area contributed by atoms with Crippen LogP contribution in [0.4, 0.5) is 5.69 Å². The zero-order valence-corrected chi connectivity index (χ0v) is 20.6. The van der Waals surface area contributed by atoms with Crippen molar-refractivity contribution >= 4 is 32.5 Å². The number of fused-ring (bicyclic) bond motifs is 1. The summed E-state index contributed by atoms with van der Waals surface area (Å²) in [7, 11) is -2.70. The number of sulfone groups is 1. The summed E-state index contributed by atoms with van der Waals surface area (Å²) in [4.78, 5) is 30.2. The van der Waals surface area contributed by atoms with Gasteiger partial charge in [-0.05, 0) is 68.3 Å². The van der Waals surface area contributed by atoms with E-state index < -0.39 is 20.2 Å². The predicted molar refractivity (Wildman–Crippen MR) is 134 cm³/mol. The fourth-order valence-electron chi connectivity index (χ4n) is 3.87. The molecule has 0 unspecified atom stereocenters. The Labute approximate surface area is 203 Å². The van der Waals surface area contributed by atoms with Crippen molar-refractivity contribution in [2.75, 3.05) is 12.4 Å². The van der Waals surface area contributed by atoms with Crippen molar-refractivity contribution in [3.8, 4) is 5.75 Å². The van der Waals surface area contributed by atoms with Gasteiger partial charge < -0.3 is 14.6 Å². The lowest BCUT2D eigenvalue weighted by atomic mass is 10.1. The molecule has 0 fully saturated rings. The quantitative estimate of drug-likeness (QED) is 0.440. The van der Waals surface area contributed by atoms with E-state index in [9.17, 15) is 18.0 Å². The van der Waals surface area contributed by atoms with Gasteiger partial charge in [0.2, 0.25) is 21.2 Å². The molecule has 4 aromatic rings. The zero-order chi connectivity index (χ0) is 25.3. The minimum absolute atomic E-state index is 0.0543. The highest BCUT2D eigenvalue weighted by Crippen LogP contribution is 2.24. The maximum Gasteiger partial charge on any atom is 0.244 e. The molecule has 0 saturated carbocycles. The highest BCUT2D eigenvalue weighted by Gasteiger charge is 2.25. The number of nitrogens with one attached hydrogen (secondary N) is 1. The first-order chi connectivity index (χ1) is 16.6. The first-order valence-corrected chi connectivity index (χ1v) is 12.4. The molecule has 2 aromatic carbocycles. The van der Waals surface area contributed by atoms with E-state index >= 15 is 0 Å². The number of hydrogen-bond acceptors (Lipinski definition) is 6. The predicted octanol–water partition coefficient (Wildman–Crippen LogP) is 3.80. The smallest absolute Gasteiger partial charge is 0.244 e. The molecule has 0 saturated heterocycles. The van der Waals surface area contributed by atoms with Crippen molar-refractivity contribution < 1.29 is 17.9 Å². The van der Waals surface area contributed by atoms with Crippen LogP contribution in [0, 0.1) is 20.8 Å². The highest BCUT2D eigenvalue weighted by atomic mass is 32.2. The van der Waals surface area contributed by atoms with E-state index in [1.807, 2.05) is 32.0 Å². The second-order valence-electron chi connectivity index (χ2n) is 8.27. The standard InChI is InChI=1S/C26H25N3O5S/c1-16-6-5-7-17(2)24(16)28-23(30)15-29-14-22(25(31)21-13-8-18(3)27-26(21)29)35(32,33)20-11-9-19(34-4)10-12-20/h5-14H,15H2,1-4H3,(H,28,30). The van der Waals surface area contributed by atoms with Crippen molar-refractivity contribution in [2.24, 2.45) is 0 Å². The van der Waals surface area contributed by atoms with E-state index in [1.165, 1.54) is 48.2 Å². The Kier molecular flexibility index (Phi) is 6.45. The number of anilines is 1. The summed E-state index contributed by atoms with van der Waals surface area (Å²) in [6.45, 7) is 5.31. The van der Waals surface area contributed by atoms with E-state index in [1.54, 1.807) is 13.0 Å². The van der Waals surface area contributed by atoms with Crippen LogP contribution in [-0.4, -0.2) is 31.0 Å². The molecule has 8 nitrogen and oxygen atoms in total. The van der Waals surface area contributed by atoms with E-state index in [4.69, 9.17) is 4.74 Å². The number of hydrogen-bond donors (Lipinski definition) is 1. The summed E-state index contributed by atoms with van der Waals surface area (Å²) in [5.41, 5.74) is 2.69. The van der Waals surface area contributed by atoms with Crippen LogP contribution in [0.5, 0.6) is 5.75 Å². The van der Waals surface area contributed by atoms with Gasteiger partial charge in [0.25, 0.3) is 0 Å². The van der Waals surface area contributed by atoms with Crippen LogP contribution < -0.4 is 15.5 Å². The number of aromatic nitrogens is 2. The number of para-hydroxylation sites is 1. The van der Waals surface area contributed by atoms with Gasteiger partial charge in [0.15, 0.2) is 0 Å². The molecule has 0 atom stereocenters. The Morgan fingerprint density at radius 2 is 1.66 bits per heavy atom. The molecule has 9 heteroatoms. The zero-order valence-electron chi connectivity index (χ0n) is 19.8. The Hall–Kier alpha value is -3.98. The number of carbonyl (C=O) groups excluding carboxylic acids is 1. The molecule has 2 aromatic heterocycles. The minimum Gasteiger partial charge on any atom is -0.497 e. The SMILES string of the molecule is COc1ccc(S(=O)(=O)c2cn(CC(=O)Nc3c(C)cccc3C)c3nc(C)ccc3c2=O)cc1. The molecule has 0 radical (unpaired) electrons. The second kappa shape index (κ2) is 9.34. The molecule has 0 aliphatic carbocycles. The summed E-state index contributed by atoms with van der Waals surface area (Å²) in [6.07, 6.45) is 1.20. The van der Waals surface area contributed by atoms with Crippen LogP contribution in [0.15, 0.2) is 75.4 Å². The third-order valence-corrected chi connectivity index (χ3v) is 7.51. The average Bonchev–Trinajstić information content (AvgIpc) is 2.83. The topological polar surface area (TPSA) is 107 Å². The third-order valence-electron chi connectivity index (χ3n) is 5.75. The van der Waals surface area contributed by atoms with Crippen LogP contribution >= 0.6 is 0 Å². The van der Waals surface area contributed by atoms with E-state index in [-0.39, 0.29) is 28.4 Å². The molecule has 2 heterocycles. The average molecular weight is 492 g/mol. The van der Waals surface area contributed by atoms with Crippen molar-refractivity contribution in [3.63, 3.8) is 0 Å². The van der Waals surface area contributed by atoms with Gasteiger partial charge in [-0.3, -0.25) is 9.59 Å². The Balaban J connectivity index is 1.82. The lowest BCUT2D eigenvalue weighted by Gasteiger charge is -2.15. The molecular formula is C26H25N3O5S. The Bertz CT molecular complexity index is 1590. The first-order valence-electron chi connectivity index (χ1n) is 10.9. The molecule has 0 aliphatic rings. The molecule has 4 rings (SSSR count). The number of amides is 1. The first kappa shape index (κ1) is 24.2. The molecule has 0 bridgehead atoms. The summed E-state index contributed by atoms with van der Waals surface area (Å²) >= 11 is 0. The van der Waals surface area contributed by atoms with Crippen LogP contribution in [0.3, 0.4) is 0 Å². The van der Waals surface area contributed by atoms with E-state index in [0.29, 0.717) is 17.1 Å². The number of nitrogens with zero attached hydrogens (tertiary/aromatic N) is 2. The van der Waals surface area contributed by atoms with Gasteiger partial charge in [-0.1, -0.05) is 18.2 Å². The lowest BCUT2D eigenvalue weighted by Crippen LogP contribution is -2.25.